The van der Waals surface area contributed by atoms with E-state index in [2.05, 4.69) is 122 Å². The maximum Gasteiger partial charge on any atom is 0.222 e. The Morgan fingerprint density at radius 3 is 1.84 bits per heavy atom. The van der Waals surface area contributed by atoms with Crippen LogP contribution >= 0.6 is 0 Å². The Hall–Kier alpha value is -0.996. The molecule has 0 radical (unpaired) electrons. The Morgan fingerprint density at radius 1 is 0.860 bits per heavy atom. The Morgan fingerprint density at radius 2 is 1.36 bits per heavy atom. The monoisotopic (exact) mass is 734 g/mol. The van der Waals surface area contributed by atoms with E-state index in [0.717, 1.165) is 6.42 Å². The van der Waals surface area contributed by atoms with E-state index < -0.39 is 22.7 Å². The van der Waals surface area contributed by atoms with Crippen molar-refractivity contribution in [2.45, 2.75) is 183 Å². The molecule has 1 fully saturated rings. The first-order valence-corrected chi connectivity index (χ1v) is 25.8. The first-order valence-electron chi connectivity index (χ1n) is 20.0. The maximum atomic E-state index is 13.4. The summed E-state index contributed by atoms with van der Waals surface area (Å²) in [5.41, 5.74) is 1.33. The van der Waals surface area contributed by atoms with Gasteiger partial charge >= 0.3 is 0 Å². The van der Waals surface area contributed by atoms with Crippen LogP contribution < -0.4 is 0 Å². The third-order valence-electron chi connectivity index (χ3n) is 12.6. The molecule has 0 saturated heterocycles. The maximum absolute atomic E-state index is 13.4. The number of amides is 1. The Bertz CT molecular complexity index is 1100. The molecular weight excluding hydrogens is 651 g/mol. The molecule has 1 saturated carbocycles. The lowest BCUT2D eigenvalue weighted by atomic mass is 9.81. The predicted octanol–water partition coefficient (Wildman–Crippen LogP) is 11.8. The smallest absolute Gasteiger partial charge is 0.222 e. The van der Waals surface area contributed by atoms with Gasteiger partial charge in [0, 0.05) is 31.8 Å². The molecule has 0 aromatic heterocycles. The normalized spacial score (nSPS) is 20.9. The Kier molecular flexibility index (Phi) is 18.7. The van der Waals surface area contributed by atoms with Gasteiger partial charge in [0.2, 0.25) is 5.91 Å². The van der Waals surface area contributed by atoms with E-state index in [1.165, 1.54) is 37.7 Å². The van der Waals surface area contributed by atoms with Crippen LogP contribution in [0.5, 0.6) is 0 Å². The number of carbonyl (C=O) groups is 1. The molecule has 1 rings (SSSR count). The van der Waals surface area contributed by atoms with Crippen LogP contribution in [0.25, 0.3) is 0 Å². The Labute approximate surface area is 313 Å². The second-order valence-electron chi connectivity index (χ2n) is 19.5. The van der Waals surface area contributed by atoms with Gasteiger partial charge in [0.1, 0.15) is 0 Å². The first kappa shape index (κ1) is 47.0. The molecule has 1 aliphatic carbocycles. The lowest BCUT2D eigenvalue weighted by Crippen LogP contribution is -2.50. The van der Waals surface area contributed by atoms with E-state index >= 15 is 0 Å². The molecule has 0 aromatic carbocycles. The number of nitrogens with zero attached hydrogens (tertiary/aromatic N) is 1. The fraction of sp³-hybridized carbons (Fsp3) is 0.837. The molecule has 1 amide bonds. The molecule has 0 unspecified atom stereocenters. The molecule has 0 spiro atoms. The molecule has 7 heteroatoms. The third kappa shape index (κ3) is 14.4. The predicted molar refractivity (Wildman–Crippen MR) is 223 cm³/mol. The minimum Gasteiger partial charge on any atom is -0.413 e. The molecule has 292 valence electrons. The number of allylic oxidation sites excluding steroid dienone is 3. The number of hydrogen-bond donors (Lipinski definition) is 1. The van der Waals surface area contributed by atoms with Crippen LogP contribution in [0, 0.1) is 35.5 Å². The van der Waals surface area contributed by atoms with E-state index in [1.54, 1.807) is 6.08 Å². The highest BCUT2D eigenvalue weighted by molar-refractivity contribution is 6.74. The summed E-state index contributed by atoms with van der Waals surface area (Å²) in [6.07, 6.45) is 15.3. The van der Waals surface area contributed by atoms with Gasteiger partial charge in [0.25, 0.3) is 0 Å². The van der Waals surface area contributed by atoms with Crippen LogP contribution in [0.3, 0.4) is 0 Å². The van der Waals surface area contributed by atoms with Crippen molar-refractivity contribution in [1.29, 1.82) is 0 Å². The van der Waals surface area contributed by atoms with Crippen molar-refractivity contribution >= 4 is 22.5 Å². The fourth-order valence-electron chi connectivity index (χ4n) is 7.23. The van der Waals surface area contributed by atoms with E-state index in [0.29, 0.717) is 18.9 Å². The summed E-state index contributed by atoms with van der Waals surface area (Å²) in [7, 11) is -2.21. The zero-order valence-electron chi connectivity index (χ0n) is 36.0. The molecule has 1 N–H and O–H groups in total. The standard InChI is InChI=1S/C43H83NO4Si2/c1-19-20-24-32(3)39(46)36(7)41(48-50(17,18)43(11,12)13)34(5)28-31(2)27-33(4)40(47-49(15,16)42(8,9)10)35(6)30-44(14)38(45)29-37-25-22-21-23-26-37/h19-20,24,27,32-37,39-41,46H,1,21-23,25-26,28-30H2,2-18H3/b24-20-,31-27-/t32-,33-,34-,35-,36+,39-,40+,41+/m0/s1. The molecular formula is C43H83NO4Si2. The molecule has 0 bridgehead atoms. The van der Waals surface area contributed by atoms with Gasteiger partial charge < -0.3 is 18.9 Å². The number of carbonyl (C=O) groups excluding carboxylic acids is 1. The van der Waals surface area contributed by atoms with Crippen LogP contribution in [0.2, 0.25) is 36.3 Å². The van der Waals surface area contributed by atoms with E-state index in [4.69, 9.17) is 8.85 Å². The van der Waals surface area contributed by atoms with Gasteiger partial charge in [-0.15, -0.1) is 0 Å². The van der Waals surface area contributed by atoms with Crippen molar-refractivity contribution < 1.29 is 18.8 Å². The second-order valence-corrected chi connectivity index (χ2v) is 29.0. The zero-order chi connectivity index (χ0) is 38.8. The molecule has 0 aliphatic heterocycles. The average Bonchev–Trinajstić information content (AvgIpc) is 2.99. The average molecular weight is 734 g/mol. The highest BCUT2D eigenvalue weighted by Crippen LogP contribution is 2.42. The summed E-state index contributed by atoms with van der Waals surface area (Å²) < 4.78 is 14.4. The lowest BCUT2D eigenvalue weighted by molar-refractivity contribution is -0.132. The van der Waals surface area contributed by atoms with Crippen molar-refractivity contribution in [3.63, 3.8) is 0 Å². The van der Waals surface area contributed by atoms with Crippen molar-refractivity contribution in [3.05, 3.63) is 36.5 Å². The van der Waals surface area contributed by atoms with Crippen LogP contribution in [-0.4, -0.2) is 64.5 Å². The van der Waals surface area contributed by atoms with Crippen molar-refractivity contribution in [3.8, 4) is 0 Å². The van der Waals surface area contributed by atoms with Crippen molar-refractivity contribution in [1.82, 2.24) is 4.90 Å². The van der Waals surface area contributed by atoms with Gasteiger partial charge in [0.15, 0.2) is 16.6 Å². The van der Waals surface area contributed by atoms with E-state index in [1.807, 2.05) is 24.1 Å². The molecule has 5 nitrogen and oxygen atoms in total. The van der Waals surface area contributed by atoms with Gasteiger partial charge in [-0.3, -0.25) is 4.79 Å². The van der Waals surface area contributed by atoms with Crippen LogP contribution in [0.15, 0.2) is 36.5 Å². The zero-order valence-corrected chi connectivity index (χ0v) is 38.0. The minimum atomic E-state index is -2.11. The first-order chi connectivity index (χ1) is 22.8. The molecule has 8 atom stereocenters. The number of aliphatic hydroxyl groups is 1. The van der Waals surface area contributed by atoms with Gasteiger partial charge in [-0.1, -0.05) is 132 Å². The lowest BCUT2D eigenvalue weighted by Gasteiger charge is -2.44. The van der Waals surface area contributed by atoms with Crippen LogP contribution in [0.4, 0.5) is 0 Å². The topological polar surface area (TPSA) is 59.0 Å². The summed E-state index contributed by atoms with van der Waals surface area (Å²) in [6.45, 7) is 41.0. The molecule has 50 heavy (non-hydrogen) atoms. The molecule has 0 heterocycles. The van der Waals surface area contributed by atoms with Gasteiger partial charge in [-0.25, -0.2) is 0 Å². The quantitative estimate of drug-likeness (QED) is 0.0816. The van der Waals surface area contributed by atoms with Gasteiger partial charge in [-0.05, 0) is 86.1 Å². The van der Waals surface area contributed by atoms with Gasteiger partial charge in [0.05, 0.1) is 18.3 Å². The summed E-state index contributed by atoms with van der Waals surface area (Å²) >= 11 is 0. The van der Waals surface area contributed by atoms with Crippen molar-refractivity contribution in [2.24, 2.45) is 35.5 Å². The van der Waals surface area contributed by atoms with Crippen LogP contribution in [0.1, 0.15) is 128 Å². The van der Waals surface area contributed by atoms with Crippen LogP contribution in [-0.2, 0) is 13.6 Å². The summed E-state index contributed by atoms with van der Waals surface area (Å²) in [6, 6.07) is 0. The highest BCUT2D eigenvalue weighted by Gasteiger charge is 2.44. The largest absolute Gasteiger partial charge is 0.413 e. The minimum absolute atomic E-state index is 0.000197. The molecule has 1 aliphatic rings. The Balaban J connectivity index is 3.34. The second kappa shape index (κ2) is 19.9. The van der Waals surface area contributed by atoms with Crippen molar-refractivity contribution in [2.75, 3.05) is 13.6 Å². The number of rotatable bonds is 19. The summed E-state index contributed by atoms with van der Waals surface area (Å²) in [5.74, 6) is 1.37. The third-order valence-corrected chi connectivity index (χ3v) is 21.6. The molecule has 0 aromatic rings. The summed E-state index contributed by atoms with van der Waals surface area (Å²) in [4.78, 5) is 15.3. The van der Waals surface area contributed by atoms with Gasteiger partial charge in [-0.2, -0.15) is 0 Å². The number of aliphatic hydroxyl groups excluding tert-OH is 1. The summed E-state index contributed by atoms with van der Waals surface area (Å²) in [5, 5.41) is 11.7. The fourth-order valence-corrected chi connectivity index (χ4v) is 10.2. The SMILES string of the molecule is C=C/C=C\[C@H](C)[C@H](O)[C@@H](C)[C@H](O[Si](C)(C)C(C)(C)C)[C@@H](C)C/C(C)=C\[C@H](C)[C@@H](O[Si](C)(C)C(C)(C)C)[C@@H](C)CN(C)C(=O)CC1CCCCC1. The van der Waals surface area contributed by atoms with E-state index in [-0.39, 0.29) is 57.8 Å². The van der Waals surface area contributed by atoms with E-state index in [9.17, 15) is 9.90 Å². The highest BCUT2D eigenvalue weighted by atomic mass is 28.4. The number of hydrogen-bond acceptors (Lipinski definition) is 4.